The number of hydrogen-bond donors (Lipinski definition) is 0. The topological polar surface area (TPSA) is 72.5 Å². The molecule has 236 valence electrons. The average molecular weight is 645 g/mol. The Morgan fingerprint density at radius 3 is 1.48 bits per heavy atom. The molecule has 2 atom stereocenters. The predicted octanol–water partition coefficient (Wildman–Crippen LogP) is 11.6. The van der Waals surface area contributed by atoms with Crippen LogP contribution >= 0.6 is 0 Å². The van der Waals surface area contributed by atoms with E-state index in [0.29, 0.717) is 5.57 Å². The highest BCUT2D eigenvalue weighted by Gasteiger charge is 2.31. The quantitative estimate of drug-likeness (QED) is 0.190. The van der Waals surface area contributed by atoms with E-state index < -0.39 is 5.92 Å². The number of fused-ring (bicyclic) bond motifs is 4. The molecule has 0 N–H and O–H groups in total. The van der Waals surface area contributed by atoms with Gasteiger partial charge in [-0.1, -0.05) is 84.9 Å². The number of para-hydroxylation sites is 8. The van der Waals surface area contributed by atoms with Crippen LogP contribution in [0, 0.1) is 28.6 Å². The van der Waals surface area contributed by atoms with Gasteiger partial charge in [0.15, 0.2) is 23.0 Å². The molecule has 0 saturated heterocycles. The van der Waals surface area contributed by atoms with Crippen LogP contribution < -0.4 is 19.3 Å². The minimum atomic E-state index is -0.491. The molecule has 2 heterocycles. The fourth-order valence-corrected chi connectivity index (χ4v) is 7.17. The SMILES string of the molecule is N#CC1=CC(c2cccc(N3c4ccccc4Oc4ccccc43)c2)C(C#N)C=C1c1cccc(N2c3ccccc3Oc3ccccc32)c1. The standard InChI is InChI=1S/C44H28N4O2/c45-27-31-26-36(30-12-10-14-34(24-30)48-39-17-3-7-21-43(39)50-44-22-8-4-18-40(44)48)32(28-46)25-35(31)29-11-9-13-33(23-29)47-37-15-1-5-19-41(37)49-42-20-6-2-16-38(42)47/h1-26,31,35H. The fraction of sp³-hybridized carbons (Fsp3) is 0.0455. The first-order valence-corrected chi connectivity index (χ1v) is 16.5. The van der Waals surface area contributed by atoms with Crippen molar-refractivity contribution in [2.45, 2.75) is 5.92 Å². The highest BCUT2D eigenvalue weighted by atomic mass is 16.5. The van der Waals surface area contributed by atoms with Crippen LogP contribution in [0.5, 0.6) is 23.0 Å². The number of nitrogens with zero attached hydrogens (tertiary/aromatic N) is 4. The summed E-state index contributed by atoms with van der Waals surface area (Å²) in [6.45, 7) is 0. The number of allylic oxidation sites excluding steroid dienone is 4. The van der Waals surface area contributed by atoms with Gasteiger partial charge in [-0.05, 0) is 89.5 Å². The second-order valence-corrected chi connectivity index (χ2v) is 12.3. The number of benzene rings is 6. The summed E-state index contributed by atoms with van der Waals surface area (Å²) in [5.74, 6) is 2.28. The third-order valence-electron chi connectivity index (χ3n) is 9.43. The van der Waals surface area contributed by atoms with Crippen LogP contribution in [0.2, 0.25) is 0 Å². The molecule has 6 heteroatoms. The van der Waals surface area contributed by atoms with Gasteiger partial charge in [-0.15, -0.1) is 0 Å². The zero-order chi connectivity index (χ0) is 33.6. The van der Waals surface area contributed by atoms with Gasteiger partial charge >= 0.3 is 0 Å². The van der Waals surface area contributed by atoms with Crippen molar-refractivity contribution in [1.29, 1.82) is 10.5 Å². The Bertz CT molecular complexity index is 2380. The molecule has 0 saturated carbocycles. The number of anilines is 6. The molecule has 9 rings (SSSR count). The summed E-state index contributed by atoms with van der Waals surface area (Å²) in [4.78, 5) is 4.36. The lowest BCUT2D eigenvalue weighted by Crippen LogP contribution is -2.17. The van der Waals surface area contributed by atoms with E-state index in [0.717, 1.165) is 73.8 Å². The number of hydrogen-bond acceptors (Lipinski definition) is 6. The van der Waals surface area contributed by atoms with Crippen molar-refractivity contribution >= 4 is 39.7 Å². The van der Waals surface area contributed by atoms with E-state index in [9.17, 15) is 10.5 Å². The van der Waals surface area contributed by atoms with Crippen LogP contribution in [0.4, 0.5) is 34.1 Å². The molecule has 3 aliphatic rings. The van der Waals surface area contributed by atoms with Crippen molar-refractivity contribution in [1.82, 2.24) is 0 Å². The van der Waals surface area contributed by atoms with Crippen LogP contribution in [-0.2, 0) is 0 Å². The minimum absolute atomic E-state index is 0.314. The largest absolute Gasteiger partial charge is 0.453 e. The zero-order valence-electron chi connectivity index (χ0n) is 26.8. The van der Waals surface area contributed by atoms with Gasteiger partial charge in [-0.2, -0.15) is 10.5 Å². The summed E-state index contributed by atoms with van der Waals surface area (Å²) in [5, 5.41) is 21.1. The molecule has 0 spiro atoms. The maximum atomic E-state index is 10.5. The zero-order valence-corrected chi connectivity index (χ0v) is 26.8. The molecule has 0 aromatic heterocycles. The average Bonchev–Trinajstić information content (AvgIpc) is 3.18. The van der Waals surface area contributed by atoms with Crippen LogP contribution in [0.25, 0.3) is 5.57 Å². The van der Waals surface area contributed by atoms with Crippen LogP contribution in [0.15, 0.2) is 163 Å². The Hall–Kier alpha value is -7.02. The summed E-state index contributed by atoms with van der Waals surface area (Å²) < 4.78 is 12.5. The molecule has 6 aromatic carbocycles. The van der Waals surface area contributed by atoms with Gasteiger partial charge in [0.05, 0.1) is 46.4 Å². The van der Waals surface area contributed by atoms with Gasteiger partial charge < -0.3 is 19.3 Å². The van der Waals surface area contributed by atoms with Gasteiger partial charge in [-0.3, -0.25) is 0 Å². The lowest BCUT2D eigenvalue weighted by atomic mass is 9.77. The summed E-state index contributed by atoms with van der Waals surface area (Å²) in [6.07, 6.45) is 3.91. The molecule has 0 radical (unpaired) electrons. The van der Waals surface area contributed by atoms with Gasteiger partial charge in [0.1, 0.15) is 0 Å². The molecular formula is C44H28N4O2. The first kappa shape index (κ1) is 29.1. The molecule has 0 bridgehead atoms. The highest BCUT2D eigenvalue weighted by Crippen LogP contribution is 2.52. The molecule has 2 aliphatic heterocycles. The van der Waals surface area contributed by atoms with Gasteiger partial charge in [0.2, 0.25) is 0 Å². The molecule has 1 aliphatic carbocycles. The third kappa shape index (κ3) is 4.79. The number of rotatable bonds is 4. The van der Waals surface area contributed by atoms with Crippen molar-refractivity contribution in [3.63, 3.8) is 0 Å². The monoisotopic (exact) mass is 644 g/mol. The van der Waals surface area contributed by atoms with E-state index in [1.807, 2.05) is 133 Å². The Labute approximate surface area is 290 Å². The lowest BCUT2D eigenvalue weighted by molar-refractivity contribution is 0.476. The molecule has 0 fully saturated rings. The van der Waals surface area contributed by atoms with Crippen molar-refractivity contribution in [3.8, 4) is 35.1 Å². The second-order valence-electron chi connectivity index (χ2n) is 12.3. The Balaban J connectivity index is 1.09. The highest BCUT2D eigenvalue weighted by molar-refractivity contribution is 5.91. The lowest BCUT2D eigenvalue weighted by Gasteiger charge is -2.33. The Kier molecular flexibility index (Phi) is 6.93. The maximum Gasteiger partial charge on any atom is 0.151 e. The van der Waals surface area contributed by atoms with E-state index in [2.05, 4.69) is 46.2 Å². The smallest absolute Gasteiger partial charge is 0.151 e. The van der Waals surface area contributed by atoms with Crippen molar-refractivity contribution in [3.05, 3.63) is 174 Å². The molecular weight excluding hydrogens is 617 g/mol. The summed E-state index contributed by atoms with van der Waals surface area (Å²) in [5.41, 5.74) is 8.71. The fourth-order valence-electron chi connectivity index (χ4n) is 7.17. The van der Waals surface area contributed by atoms with Gasteiger partial charge in [0, 0.05) is 17.3 Å². The molecule has 2 unspecified atom stereocenters. The first-order valence-electron chi connectivity index (χ1n) is 16.5. The van der Waals surface area contributed by atoms with E-state index in [1.54, 1.807) is 0 Å². The molecule has 6 aromatic rings. The number of nitriles is 2. The Morgan fingerprint density at radius 1 is 0.500 bits per heavy atom. The first-order chi connectivity index (χ1) is 24.7. The van der Waals surface area contributed by atoms with Gasteiger partial charge in [0.25, 0.3) is 0 Å². The molecule has 6 nitrogen and oxygen atoms in total. The normalized spacial score (nSPS) is 16.8. The van der Waals surface area contributed by atoms with Crippen LogP contribution in [0.3, 0.4) is 0 Å². The summed E-state index contributed by atoms with van der Waals surface area (Å²) >= 11 is 0. The van der Waals surface area contributed by atoms with Crippen molar-refractivity contribution in [2.24, 2.45) is 5.92 Å². The predicted molar refractivity (Wildman–Crippen MR) is 196 cm³/mol. The maximum absolute atomic E-state index is 10.5. The minimum Gasteiger partial charge on any atom is -0.453 e. The number of ether oxygens (including phenoxy) is 2. The molecule has 50 heavy (non-hydrogen) atoms. The van der Waals surface area contributed by atoms with Crippen LogP contribution in [0.1, 0.15) is 17.0 Å². The van der Waals surface area contributed by atoms with E-state index in [1.165, 1.54) is 0 Å². The third-order valence-corrected chi connectivity index (χ3v) is 9.43. The van der Waals surface area contributed by atoms with E-state index >= 15 is 0 Å². The van der Waals surface area contributed by atoms with E-state index in [4.69, 9.17) is 9.47 Å². The van der Waals surface area contributed by atoms with Crippen LogP contribution in [-0.4, -0.2) is 0 Å². The molecule has 0 amide bonds. The second kappa shape index (κ2) is 11.9. The van der Waals surface area contributed by atoms with Gasteiger partial charge in [-0.25, -0.2) is 0 Å². The van der Waals surface area contributed by atoms with Crippen molar-refractivity contribution in [2.75, 3.05) is 9.80 Å². The summed E-state index contributed by atoms with van der Waals surface area (Å²) in [6, 6.07) is 53.2. The van der Waals surface area contributed by atoms with E-state index in [-0.39, 0.29) is 5.92 Å². The summed E-state index contributed by atoms with van der Waals surface area (Å²) in [7, 11) is 0. The Morgan fingerprint density at radius 2 is 0.980 bits per heavy atom. The van der Waals surface area contributed by atoms with Crippen molar-refractivity contribution < 1.29 is 9.47 Å².